The van der Waals surface area contributed by atoms with Crippen molar-refractivity contribution < 1.29 is 4.79 Å². The lowest BCUT2D eigenvalue weighted by Crippen LogP contribution is -2.26. The molecule has 1 fully saturated rings. The molecule has 0 bridgehead atoms. The van der Waals surface area contributed by atoms with Crippen LogP contribution in [-0.2, 0) is 11.8 Å². The second kappa shape index (κ2) is 7.43. The van der Waals surface area contributed by atoms with Crippen molar-refractivity contribution in [2.45, 2.75) is 45.4 Å². The van der Waals surface area contributed by atoms with Crippen molar-refractivity contribution in [1.29, 1.82) is 0 Å². The first-order valence-electron chi connectivity index (χ1n) is 7.67. The molecule has 5 nitrogen and oxygen atoms in total. The monoisotopic (exact) mass is 278 g/mol. The minimum absolute atomic E-state index is 0.0934. The van der Waals surface area contributed by atoms with Gasteiger partial charge in [-0.25, -0.2) is 0 Å². The summed E-state index contributed by atoms with van der Waals surface area (Å²) < 4.78 is 1.77. The largest absolute Gasteiger partial charge is 0.323 e. The van der Waals surface area contributed by atoms with Gasteiger partial charge in [0.25, 0.3) is 0 Å². The Hall–Kier alpha value is -1.36. The highest BCUT2D eigenvalue weighted by atomic mass is 16.1. The Labute approximate surface area is 121 Å². The first-order valence-corrected chi connectivity index (χ1v) is 7.67. The van der Waals surface area contributed by atoms with Gasteiger partial charge in [0.05, 0.1) is 17.6 Å². The van der Waals surface area contributed by atoms with Gasteiger partial charge in [-0.3, -0.25) is 9.48 Å². The van der Waals surface area contributed by atoms with Crippen LogP contribution in [0.5, 0.6) is 0 Å². The molecule has 5 heteroatoms. The van der Waals surface area contributed by atoms with Gasteiger partial charge < -0.3 is 10.2 Å². The second-order valence-electron chi connectivity index (χ2n) is 5.67. The molecule has 1 amide bonds. The van der Waals surface area contributed by atoms with Crippen LogP contribution >= 0.6 is 0 Å². The Morgan fingerprint density at radius 2 is 2.00 bits per heavy atom. The van der Waals surface area contributed by atoms with E-state index in [1.54, 1.807) is 10.9 Å². The van der Waals surface area contributed by atoms with Gasteiger partial charge in [0.1, 0.15) is 0 Å². The van der Waals surface area contributed by atoms with Gasteiger partial charge in [-0.15, -0.1) is 0 Å². The molecular formula is C15H26N4O. The fourth-order valence-corrected chi connectivity index (χ4v) is 2.66. The van der Waals surface area contributed by atoms with Crippen molar-refractivity contribution in [3.05, 3.63) is 11.9 Å². The fourth-order valence-electron chi connectivity index (χ4n) is 2.66. The summed E-state index contributed by atoms with van der Waals surface area (Å²) in [5, 5.41) is 7.07. The standard InChI is InChI=1S/C15H26N4O/c1-13-14(12-16-18(13)2)17-15(20)8-7-11-19-9-5-3-4-6-10-19/h12H,3-11H2,1-2H3,(H,17,20). The van der Waals surface area contributed by atoms with Crippen molar-refractivity contribution >= 4 is 11.6 Å². The average Bonchev–Trinajstić information content (AvgIpc) is 2.66. The number of carbonyl (C=O) groups excluding carboxylic acids is 1. The molecule has 0 saturated carbocycles. The van der Waals surface area contributed by atoms with Gasteiger partial charge in [0.2, 0.25) is 5.91 Å². The highest BCUT2D eigenvalue weighted by Crippen LogP contribution is 2.13. The molecule has 0 radical (unpaired) electrons. The molecule has 20 heavy (non-hydrogen) atoms. The van der Waals surface area contributed by atoms with E-state index in [9.17, 15) is 4.79 Å². The number of nitrogens with zero attached hydrogens (tertiary/aromatic N) is 3. The zero-order valence-electron chi connectivity index (χ0n) is 12.7. The number of anilines is 1. The number of hydrogen-bond acceptors (Lipinski definition) is 3. The number of rotatable bonds is 5. The Morgan fingerprint density at radius 1 is 1.30 bits per heavy atom. The van der Waals surface area contributed by atoms with Crippen LogP contribution in [0.2, 0.25) is 0 Å². The van der Waals surface area contributed by atoms with Crippen LogP contribution in [-0.4, -0.2) is 40.2 Å². The molecular weight excluding hydrogens is 252 g/mol. The Bertz CT molecular complexity index is 433. The number of carbonyl (C=O) groups is 1. The molecule has 1 saturated heterocycles. The first-order chi connectivity index (χ1) is 9.66. The van der Waals surface area contributed by atoms with E-state index in [2.05, 4.69) is 15.3 Å². The number of aromatic nitrogens is 2. The van der Waals surface area contributed by atoms with Crippen LogP contribution in [0.15, 0.2) is 6.20 Å². The van der Waals surface area contributed by atoms with E-state index in [0.717, 1.165) is 24.3 Å². The molecule has 0 spiro atoms. The molecule has 1 aromatic heterocycles. The van der Waals surface area contributed by atoms with Gasteiger partial charge >= 0.3 is 0 Å². The molecule has 1 N–H and O–H groups in total. The van der Waals surface area contributed by atoms with Crippen LogP contribution in [0.25, 0.3) is 0 Å². The molecule has 1 aliphatic heterocycles. The Morgan fingerprint density at radius 3 is 2.60 bits per heavy atom. The highest BCUT2D eigenvalue weighted by molar-refractivity contribution is 5.91. The number of amides is 1. The lowest BCUT2D eigenvalue weighted by atomic mass is 10.2. The van der Waals surface area contributed by atoms with Gasteiger partial charge in [0.15, 0.2) is 0 Å². The van der Waals surface area contributed by atoms with Crippen molar-refractivity contribution in [2.24, 2.45) is 7.05 Å². The maximum Gasteiger partial charge on any atom is 0.224 e. The number of aryl methyl sites for hydroxylation is 1. The Balaban J connectivity index is 1.68. The summed E-state index contributed by atoms with van der Waals surface area (Å²) in [6, 6.07) is 0. The third-order valence-electron chi connectivity index (χ3n) is 4.09. The minimum Gasteiger partial charge on any atom is -0.323 e. The molecule has 0 aromatic carbocycles. The summed E-state index contributed by atoms with van der Waals surface area (Å²) in [6.07, 6.45) is 8.56. The van der Waals surface area contributed by atoms with E-state index < -0.39 is 0 Å². The third kappa shape index (κ3) is 4.34. The summed E-state index contributed by atoms with van der Waals surface area (Å²) in [7, 11) is 1.88. The van der Waals surface area contributed by atoms with Gasteiger partial charge in [0, 0.05) is 13.5 Å². The summed E-state index contributed by atoms with van der Waals surface area (Å²) >= 11 is 0. The average molecular weight is 278 g/mol. The molecule has 1 aromatic rings. The molecule has 2 rings (SSSR count). The number of hydrogen-bond donors (Lipinski definition) is 1. The fraction of sp³-hybridized carbons (Fsp3) is 0.733. The maximum atomic E-state index is 11.9. The van der Waals surface area contributed by atoms with E-state index in [4.69, 9.17) is 0 Å². The summed E-state index contributed by atoms with van der Waals surface area (Å²) in [4.78, 5) is 14.4. The second-order valence-corrected chi connectivity index (χ2v) is 5.67. The van der Waals surface area contributed by atoms with E-state index in [0.29, 0.717) is 6.42 Å². The predicted molar refractivity (Wildman–Crippen MR) is 80.7 cm³/mol. The zero-order chi connectivity index (χ0) is 14.4. The highest BCUT2D eigenvalue weighted by Gasteiger charge is 2.11. The predicted octanol–water partition coefficient (Wildman–Crippen LogP) is 2.32. The van der Waals surface area contributed by atoms with E-state index in [1.165, 1.54) is 38.8 Å². The zero-order valence-corrected chi connectivity index (χ0v) is 12.7. The van der Waals surface area contributed by atoms with Gasteiger partial charge in [-0.05, 0) is 45.8 Å². The van der Waals surface area contributed by atoms with E-state index in [-0.39, 0.29) is 5.91 Å². The normalized spacial score (nSPS) is 16.9. The lowest BCUT2D eigenvalue weighted by Gasteiger charge is -2.19. The topological polar surface area (TPSA) is 50.2 Å². The molecule has 0 atom stereocenters. The van der Waals surface area contributed by atoms with Crippen LogP contribution in [0.3, 0.4) is 0 Å². The van der Waals surface area contributed by atoms with Crippen LogP contribution < -0.4 is 5.32 Å². The van der Waals surface area contributed by atoms with Crippen molar-refractivity contribution in [3.63, 3.8) is 0 Å². The smallest absolute Gasteiger partial charge is 0.224 e. The van der Waals surface area contributed by atoms with Crippen molar-refractivity contribution in [2.75, 3.05) is 25.0 Å². The quantitative estimate of drug-likeness (QED) is 0.899. The van der Waals surface area contributed by atoms with Crippen molar-refractivity contribution in [3.8, 4) is 0 Å². The first kappa shape index (κ1) is 15.0. The number of likely N-dealkylation sites (tertiary alicyclic amines) is 1. The van der Waals surface area contributed by atoms with Crippen LogP contribution in [0.1, 0.15) is 44.2 Å². The van der Waals surface area contributed by atoms with E-state index >= 15 is 0 Å². The Kier molecular flexibility index (Phi) is 5.59. The SMILES string of the molecule is Cc1c(NC(=O)CCCN2CCCCCC2)cnn1C. The maximum absolute atomic E-state index is 11.9. The molecule has 0 aliphatic carbocycles. The third-order valence-corrected chi connectivity index (χ3v) is 4.09. The molecule has 112 valence electrons. The molecule has 2 heterocycles. The summed E-state index contributed by atoms with van der Waals surface area (Å²) in [5.74, 6) is 0.0934. The van der Waals surface area contributed by atoms with Gasteiger partial charge in [-0.2, -0.15) is 5.10 Å². The van der Waals surface area contributed by atoms with Crippen LogP contribution in [0.4, 0.5) is 5.69 Å². The van der Waals surface area contributed by atoms with Gasteiger partial charge in [-0.1, -0.05) is 12.8 Å². The van der Waals surface area contributed by atoms with Crippen molar-refractivity contribution in [1.82, 2.24) is 14.7 Å². The van der Waals surface area contributed by atoms with Crippen LogP contribution in [0, 0.1) is 6.92 Å². The van der Waals surface area contributed by atoms with E-state index in [1.807, 2.05) is 14.0 Å². The molecule has 1 aliphatic rings. The summed E-state index contributed by atoms with van der Waals surface area (Å²) in [6.45, 7) is 5.39. The lowest BCUT2D eigenvalue weighted by molar-refractivity contribution is -0.116. The minimum atomic E-state index is 0.0934. The molecule has 0 unspecified atom stereocenters. The summed E-state index contributed by atoms with van der Waals surface area (Å²) in [5.41, 5.74) is 1.82. The number of nitrogens with one attached hydrogen (secondary N) is 1.